The number of ether oxygens (including phenoxy) is 2. The Labute approximate surface area is 187 Å². The predicted molar refractivity (Wildman–Crippen MR) is 117 cm³/mol. The Kier molecular flexibility index (Phi) is 7.94. The van der Waals surface area contributed by atoms with E-state index in [2.05, 4.69) is 31.9 Å². The molecular weight excluding hydrogens is 504 g/mol. The van der Waals surface area contributed by atoms with Gasteiger partial charge in [-0.15, -0.1) is 0 Å². The highest BCUT2D eigenvalue weighted by Crippen LogP contribution is 2.17. The molecule has 6 nitrogen and oxygen atoms in total. The molecule has 8 heteroatoms. The molecule has 0 atom stereocenters. The molecule has 2 aromatic rings. The van der Waals surface area contributed by atoms with Gasteiger partial charge in [0, 0.05) is 35.1 Å². The Morgan fingerprint density at radius 2 is 1.07 bits per heavy atom. The van der Waals surface area contributed by atoms with Crippen LogP contribution in [0.3, 0.4) is 0 Å². The normalized spacial score (nSPS) is 14.3. The van der Waals surface area contributed by atoms with Crippen LogP contribution in [0.2, 0.25) is 0 Å². The molecule has 0 unspecified atom stereocenters. The van der Waals surface area contributed by atoms with Gasteiger partial charge >= 0.3 is 0 Å². The summed E-state index contributed by atoms with van der Waals surface area (Å²) in [6.45, 7) is 2.18. The molecule has 154 valence electrons. The number of rotatable bonds is 6. The first kappa shape index (κ1) is 21.6. The van der Waals surface area contributed by atoms with Crippen LogP contribution in [0.4, 0.5) is 0 Å². The van der Waals surface area contributed by atoms with Crippen LogP contribution in [0.5, 0.6) is 11.5 Å². The Hall–Kier alpha value is -2.06. The minimum absolute atomic E-state index is 0.0117. The SMILES string of the molecule is O=C(COc1ccc(Br)cc1)N1CCCN(C(=O)COc2ccc(Br)cc2)CC1. The van der Waals surface area contributed by atoms with Gasteiger partial charge in [0.1, 0.15) is 11.5 Å². The second-order valence-electron chi connectivity index (χ2n) is 6.60. The van der Waals surface area contributed by atoms with E-state index in [0.717, 1.165) is 15.4 Å². The molecule has 0 bridgehead atoms. The summed E-state index contributed by atoms with van der Waals surface area (Å²) in [6.07, 6.45) is 0.730. The number of hydrogen-bond donors (Lipinski definition) is 0. The van der Waals surface area contributed by atoms with Crippen LogP contribution in [0, 0.1) is 0 Å². The van der Waals surface area contributed by atoms with E-state index < -0.39 is 0 Å². The van der Waals surface area contributed by atoms with Crippen LogP contribution >= 0.6 is 31.9 Å². The first-order chi connectivity index (χ1) is 14.0. The molecule has 2 aromatic carbocycles. The fraction of sp³-hybridized carbons (Fsp3) is 0.333. The zero-order chi connectivity index (χ0) is 20.6. The molecule has 1 fully saturated rings. The second-order valence-corrected chi connectivity index (χ2v) is 8.43. The van der Waals surface area contributed by atoms with Crippen LogP contribution < -0.4 is 9.47 Å². The maximum absolute atomic E-state index is 12.5. The molecule has 1 aliphatic rings. The van der Waals surface area contributed by atoms with Crippen LogP contribution in [-0.4, -0.2) is 61.0 Å². The smallest absolute Gasteiger partial charge is 0.260 e. The van der Waals surface area contributed by atoms with E-state index in [9.17, 15) is 9.59 Å². The van der Waals surface area contributed by atoms with E-state index in [-0.39, 0.29) is 25.0 Å². The molecule has 29 heavy (non-hydrogen) atoms. The topological polar surface area (TPSA) is 59.1 Å². The van der Waals surface area contributed by atoms with Gasteiger partial charge < -0.3 is 19.3 Å². The Balaban J connectivity index is 1.43. The minimum Gasteiger partial charge on any atom is -0.484 e. The van der Waals surface area contributed by atoms with Crippen molar-refractivity contribution in [1.29, 1.82) is 0 Å². The predicted octanol–water partition coefficient (Wildman–Crippen LogP) is 3.73. The molecule has 1 aliphatic heterocycles. The zero-order valence-corrected chi connectivity index (χ0v) is 19.0. The fourth-order valence-corrected chi connectivity index (χ4v) is 3.48. The molecule has 1 heterocycles. The van der Waals surface area contributed by atoms with Crippen molar-refractivity contribution in [3.8, 4) is 11.5 Å². The lowest BCUT2D eigenvalue weighted by Gasteiger charge is -2.22. The number of amides is 2. The molecule has 0 saturated carbocycles. The Bertz CT molecular complexity index is 758. The standard InChI is InChI=1S/C21H22Br2N2O4/c22-16-2-6-18(7-3-16)28-14-20(26)24-10-1-11-25(13-12-24)21(27)15-29-19-8-4-17(23)5-9-19/h2-9H,1,10-15H2. The highest BCUT2D eigenvalue weighted by atomic mass is 79.9. The highest BCUT2D eigenvalue weighted by Gasteiger charge is 2.22. The summed E-state index contributed by atoms with van der Waals surface area (Å²) in [7, 11) is 0. The summed E-state index contributed by atoms with van der Waals surface area (Å²) < 4.78 is 13.1. The molecule has 2 amide bonds. The van der Waals surface area contributed by atoms with E-state index in [1.54, 1.807) is 9.80 Å². The van der Waals surface area contributed by atoms with Crippen LogP contribution in [-0.2, 0) is 9.59 Å². The van der Waals surface area contributed by atoms with Crippen molar-refractivity contribution in [1.82, 2.24) is 9.80 Å². The Morgan fingerprint density at radius 3 is 1.45 bits per heavy atom. The average molecular weight is 526 g/mol. The van der Waals surface area contributed by atoms with E-state index >= 15 is 0 Å². The van der Waals surface area contributed by atoms with E-state index in [4.69, 9.17) is 9.47 Å². The number of halogens is 2. The van der Waals surface area contributed by atoms with Gasteiger partial charge in [-0.3, -0.25) is 9.59 Å². The quantitative estimate of drug-likeness (QED) is 0.576. The van der Waals surface area contributed by atoms with Gasteiger partial charge in [-0.25, -0.2) is 0 Å². The largest absolute Gasteiger partial charge is 0.484 e. The first-order valence-electron chi connectivity index (χ1n) is 9.33. The van der Waals surface area contributed by atoms with Crippen molar-refractivity contribution in [2.24, 2.45) is 0 Å². The summed E-state index contributed by atoms with van der Waals surface area (Å²) in [5.41, 5.74) is 0. The van der Waals surface area contributed by atoms with Crippen LogP contribution in [0.1, 0.15) is 6.42 Å². The van der Waals surface area contributed by atoms with Crippen molar-refractivity contribution in [3.05, 3.63) is 57.5 Å². The lowest BCUT2D eigenvalue weighted by Crippen LogP contribution is -2.40. The van der Waals surface area contributed by atoms with Crippen molar-refractivity contribution in [3.63, 3.8) is 0 Å². The lowest BCUT2D eigenvalue weighted by atomic mass is 10.3. The van der Waals surface area contributed by atoms with E-state index in [1.165, 1.54) is 0 Å². The van der Waals surface area contributed by atoms with Crippen molar-refractivity contribution in [2.75, 3.05) is 39.4 Å². The van der Waals surface area contributed by atoms with Gasteiger partial charge in [-0.2, -0.15) is 0 Å². The number of benzene rings is 2. The van der Waals surface area contributed by atoms with Crippen molar-refractivity contribution in [2.45, 2.75) is 6.42 Å². The van der Waals surface area contributed by atoms with Gasteiger partial charge in [0.25, 0.3) is 11.8 Å². The number of nitrogens with zero attached hydrogens (tertiary/aromatic N) is 2. The maximum atomic E-state index is 12.5. The summed E-state index contributed by atoms with van der Waals surface area (Å²) in [5, 5.41) is 0. The third kappa shape index (κ3) is 6.75. The average Bonchev–Trinajstić information content (AvgIpc) is 2.99. The van der Waals surface area contributed by atoms with E-state index in [1.807, 2.05) is 48.5 Å². The number of carbonyl (C=O) groups excluding carboxylic acids is 2. The van der Waals surface area contributed by atoms with Gasteiger partial charge in [-0.1, -0.05) is 31.9 Å². The Morgan fingerprint density at radius 1 is 0.690 bits per heavy atom. The zero-order valence-electron chi connectivity index (χ0n) is 15.9. The number of carbonyl (C=O) groups is 2. The molecule has 0 radical (unpaired) electrons. The maximum Gasteiger partial charge on any atom is 0.260 e. The molecule has 3 rings (SSSR count). The first-order valence-corrected chi connectivity index (χ1v) is 10.9. The van der Waals surface area contributed by atoms with Gasteiger partial charge in [0.05, 0.1) is 0 Å². The summed E-state index contributed by atoms with van der Waals surface area (Å²) >= 11 is 6.73. The van der Waals surface area contributed by atoms with Crippen molar-refractivity contribution < 1.29 is 19.1 Å². The molecule has 0 aromatic heterocycles. The monoisotopic (exact) mass is 524 g/mol. The van der Waals surface area contributed by atoms with Gasteiger partial charge in [0.15, 0.2) is 13.2 Å². The highest BCUT2D eigenvalue weighted by molar-refractivity contribution is 9.10. The minimum atomic E-state index is -0.0756. The summed E-state index contributed by atoms with van der Waals surface area (Å²) in [4.78, 5) is 28.4. The molecular formula is C21H22Br2N2O4. The van der Waals surface area contributed by atoms with E-state index in [0.29, 0.717) is 37.7 Å². The van der Waals surface area contributed by atoms with Crippen LogP contribution in [0.25, 0.3) is 0 Å². The molecule has 1 saturated heterocycles. The third-order valence-electron chi connectivity index (χ3n) is 4.55. The van der Waals surface area contributed by atoms with Crippen LogP contribution in [0.15, 0.2) is 57.5 Å². The summed E-state index contributed by atoms with van der Waals surface area (Å²) in [5.74, 6) is 1.15. The summed E-state index contributed by atoms with van der Waals surface area (Å²) in [6, 6.07) is 14.7. The van der Waals surface area contributed by atoms with Gasteiger partial charge in [-0.05, 0) is 55.0 Å². The fourth-order valence-electron chi connectivity index (χ4n) is 2.95. The second kappa shape index (κ2) is 10.6. The lowest BCUT2D eigenvalue weighted by molar-refractivity contribution is -0.135. The third-order valence-corrected chi connectivity index (χ3v) is 5.61. The molecule has 0 aliphatic carbocycles. The van der Waals surface area contributed by atoms with Gasteiger partial charge in [0.2, 0.25) is 0 Å². The van der Waals surface area contributed by atoms with Crippen molar-refractivity contribution >= 4 is 43.7 Å². The molecule has 0 N–H and O–H groups in total. The number of hydrogen-bond acceptors (Lipinski definition) is 4. The molecule has 0 spiro atoms.